The van der Waals surface area contributed by atoms with Gasteiger partial charge >= 0.3 is 0 Å². The predicted octanol–water partition coefficient (Wildman–Crippen LogP) is 4.46. The molecule has 0 amide bonds. The monoisotopic (exact) mass is 460 g/mol. The Morgan fingerprint density at radius 3 is 2.21 bits per heavy atom. The normalized spacial score (nSPS) is 10.4. The number of hydrogen-bond acceptors (Lipinski definition) is 10. The first-order valence-electron chi connectivity index (χ1n) is 10.3. The van der Waals surface area contributed by atoms with Crippen LogP contribution >= 0.6 is 0 Å². The fourth-order valence-electron chi connectivity index (χ4n) is 3.29. The van der Waals surface area contributed by atoms with Crippen LogP contribution in [0.5, 0.6) is 23.0 Å². The van der Waals surface area contributed by atoms with Crippen LogP contribution in [0.4, 0.5) is 23.1 Å². The van der Waals surface area contributed by atoms with Crippen molar-refractivity contribution >= 4 is 23.1 Å². The van der Waals surface area contributed by atoms with Gasteiger partial charge in [0.15, 0.2) is 17.3 Å². The second kappa shape index (κ2) is 10.3. The van der Waals surface area contributed by atoms with E-state index in [0.29, 0.717) is 46.1 Å². The smallest absolute Gasteiger partial charge is 0.230 e. The average molecular weight is 460 g/mol. The Hall–Kier alpha value is -4.60. The van der Waals surface area contributed by atoms with E-state index < -0.39 is 0 Å². The number of anilines is 4. The van der Waals surface area contributed by atoms with Crippen molar-refractivity contribution in [3.05, 3.63) is 61.1 Å². The minimum atomic E-state index is 0.343. The molecule has 0 atom stereocenters. The lowest BCUT2D eigenvalue weighted by atomic mass is 10.2. The Morgan fingerprint density at radius 2 is 1.50 bits per heavy atom. The van der Waals surface area contributed by atoms with E-state index in [1.807, 2.05) is 36.4 Å². The lowest BCUT2D eigenvalue weighted by Gasteiger charge is -2.15. The Morgan fingerprint density at radius 1 is 0.706 bits per heavy atom. The van der Waals surface area contributed by atoms with Crippen LogP contribution in [0.3, 0.4) is 0 Å². The van der Waals surface area contributed by atoms with Gasteiger partial charge in [-0.15, -0.1) is 0 Å². The Labute approximate surface area is 196 Å². The molecule has 0 aliphatic heterocycles. The molecular formula is C24H24N6O4. The number of pyridine rings is 1. The number of nitrogens with one attached hydrogen (secondary N) is 2. The van der Waals surface area contributed by atoms with Crippen LogP contribution < -0.4 is 29.6 Å². The number of methoxy groups -OCH3 is 4. The zero-order chi connectivity index (χ0) is 23.9. The molecule has 10 nitrogen and oxygen atoms in total. The third-order valence-corrected chi connectivity index (χ3v) is 4.87. The van der Waals surface area contributed by atoms with Crippen LogP contribution in [-0.2, 0) is 0 Å². The van der Waals surface area contributed by atoms with E-state index in [9.17, 15) is 0 Å². The Kier molecular flexibility index (Phi) is 6.87. The summed E-state index contributed by atoms with van der Waals surface area (Å²) in [6.07, 6.45) is 3.13. The van der Waals surface area contributed by atoms with Gasteiger partial charge in [-0.25, -0.2) is 15.0 Å². The maximum atomic E-state index is 5.42. The molecule has 2 aromatic heterocycles. The third kappa shape index (κ3) is 4.90. The molecule has 0 fully saturated rings. The van der Waals surface area contributed by atoms with Gasteiger partial charge in [-0.05, 0) is 24.3 Å². The van der Waals surface area contributed by atoms with Gasteiger partial charge < -0.3 is 29.6 Å². The number of hydrogen-bond donors (Lipinski definition) is 2. The number of aromatic nitrogens is 4. The molecule has 174 valence electrons. The first-order chi connectivity index (χ1) is 16.6. The zero-order valence-corrected chi connectivity index (χ0v) is 19.2. The van der Waals surface area contributed by atoms with Crippen LogP contribution in [0, 0.1) is 0 Å². The lowest BCUT2D eigenvalue weighted by Crippen LogP contribution is -2.03. The van der Waals surface area contributed by atoms with Crippen molar-refractivity contribution in [2.24, 2.45) is 0 Å². The molecule has 0 aliphatic rings. The van der Waals surface area contributed by atoms with Gasteiger partial charge in [0.05, 0.1) is 34.0 Å². The van der Waals surface area contributed by atoms with Gasteiger partial charge in [0.1, 0.15) is 17.9 Å². The van der Waals surface area contributed by atoms with Crippen molar-refractivity contribution < 1.29 is 18.9 Å². The van der Waals surface area contributed by atoms with Crippen molar-refractivity contribution in [3.63, 3.8) is 0 Å². The Bertz CT molecular complexity index is 1260. The number of nitrogens with zero attached hydrogens (tertiary/aromatic N) is 4. The highest BCUT2D eigenvalue weighted by atomic mass is 16.5. The highest BCUT2D eigenvalue weighted by Crippen LogP contribution is 2.40. The number of benzene rings is 2. The minimum Gasteiger partial charge on any atom is -0.497 e. The molecule has 0 unspecified atom stereocenters. The van der Waals surface area contributed by atoms with Crippen molar-refractivity contribution in [1.82, 2.24) is 19.9 Å². The number of ether oxygens (including phenoxy) is 4. The highest BCUT2D eigenvalue weighted by molar-refractivity contribution is 5.75. The van der Waals surface area contributed by atoms with Crippen molar-refractivity contribution in [2.45, 2.75) is 0 Å². The summed E-state index contributed by atoms with van der Waals surface area (Å²) in [4.78, 5) is 17.6. The van der Waals surface area contributed by atoms with Gasteiger partial charge in [0, 0.05) is 35.8 Å². The maximum Gasteiger partial charge on any atom is 0.230 e. The van der Waals surface area contributed by atoms with E-state index in [1.54, 1.807) is 46.8 Å². The summed E-state index contributed by atoms with van der Waals surface area (Å²) < 4.78 is 21.5. The Balaban J connectivity index is 1.64. The molecule has 4 rings (SSSR count). The summed E-state index contributed by atoms with van der Waals surface area (Å²) in [6, 6.07) is 14.8. The van der Waals surface area contributed by atoms with Crippen LogP contribution in [0.15, 0.2) is 61.1 Å². The molecule has 0 aliphatic carbocycles. The molecule has 0 spiro atoms. The van der Waals surface area contributed by atoms with Gasteiger partial charge in [-0.2, -0.15) is 4.98 Å². The fourth-order valence-corrected chi connectivity index (χ4v) is 3.29. The van der Waals surface area contributed by atoms with E-state index in [4.69, 9.17) is 18.9 Å². The standard InChI is InChI=1S/C24H24N6O4/c1-31-17-8-5-7-15(11-17)28-22-18(9-6-10-25-22)23-26-14-27-24(30-23)29-16-12-19(32-2)21(34-4)20(13-16)33-3/h5-14H,1-4H3,(H,25,28)(H,26,27,29,30). The van der Waals surface area contributed by atoms with Crippen LogP contribution in [0.2, 0.25) is 0 Å². The molecule has 0 saturated carbocycles. The molecule has 2 N–H and O–H groups in total. The van der Waals surface area contributed by atoms with E-state index in [2.05, 4.69) is 30.6 Å². The van der Waals surface area contributed by atoms with E-state index in [1.165, 1.54) is 6.33 Å². The molecule has 0 saturated heterocycles. The molecular weight excluding hydrogens is 436 g/mol. The zero-order valence-electron chi connectivity index (χ0n) is 19.2. The summed E-state index contributed by atoms with van der Waals surface area (Å²) in [6.45, 7) is 0. The van der Waals surface area contributed by atoms with Crippen LogP contribution in [0.1, 0.15) is 0 Å². The summed E-state index contributed by atoms with van der Waals surface area (Å²) in [5.41, 5.74) is 2.19. The summed E-state index contributed by atoms with van der Waals surface area (Å²) in [5.74, 6) is 3.64. The molecule has 4 aromatic rings. The van der Waals surface area contributed by atoms with Gasteiger partial charge in [-0.3, -0.25) is 0 Å². The molecule has 0 bridgehead atoms. The molecule has 0 radical (unpaired) electrons. The lowest BCUT2D eigenvalue weighted by molar-refractivity contribution is 0.324. The van der Waals surface area contributed by atoms with Crippen molar-refractivity contribution in [2.75, 3.05) is 39.1 Å². The van der Waals surface area contributed by atoms with Crippen LogP contribution in [0.25, 0.3) is 11.4 Å². The highest BCUT2D eigenvalue weighted by Gasteiger charge is 2.15. The second-order valence-corrected chi connectivity index (χ2v) is 6.93. The van der Waals surface area contributed by atoms with Crippen molar-refractivity contribution in [1.29, 1.82) is 0 Å². The second-order valence-electron chi connectivity index (χ2n) is 6.93. The largest absolute Gasteiger partial charge is 0.497 e. The van der Waals surface area contributed by atoms with E-state index in [0.717, 1.165) is 11.4 Å². The topological polar surface area (TPSA) is 113 Å². The molecule has 34 heavy (non-hydrogen) atoms. The predicted molar refractivity (Wildman–Crippen MR) is 129 cm³/mol. The van der Waals surface area contributed by atoms with Gasteiger partial charge in [-0.1, -0.05) is 6.07 Å². The minimum absolute atomic E-state index is 0.343. The third-order valence-electron chi connectivity index (χ3n) is 4.87. The molecule has 10 heteroatoms. The fraction of sp³-hybridized carbons (Fsp3) is 0.167. The summed E-state index contributed by atoms with van der Waals surface area (Å²) in [5, 5.41) is 6.46. The van der Waals surface area contributed by atoms with E-state index >= 15 is 0 Å². The summed E-state index contributed by atoms with van der Waals surface area (Å²) >= 11 is 0. The quantitative estimate of drug-likeness (QED) is 0.371. The molecule has 2 heterocycles. The first-order valence-corrected chi connectivity index (χ1v) is 10.3. The first kappa shape index (κ1) is 22.6. The summed E-state index contributed by atoms with van der Waals surface area (Å²) in [7, 11) is 6.29. The maximum absolute atomic E-state index is 5.42. The number of rotatable bonds is 9. The van der Waals surface area contributed by atoms with E-state index in [-0.39, 0.29) is 0 Å². The molecule has 2 aromatic carbocycles. The SMILES string of the molecule is COc1cccc(Nc2ncccc2-c2ncnc(Nc3cc(OC)c(OC)c(OC)c3)n2)c1. The van der Waals surface area contributed by atoms with Gasteiger partial charge in [0.25, 0.3) is 0 Å². The average Bonchev–Trinajstić information content (AvgIpc) is 2.88. The van der Waals surface area contributed by atoms with Crippen LogP contribution in [-0.4, -0.2) is 48.4 Å². The van der Waals surface area contributed by atoms with Gasteiger partial charge in [0.2, 0.25) is 11.7 Å². The van der Waals surface area contributed by atoms with Crippen molar-refractivity contribution in [3.8, 4) is 34.4 Å².